The first-order valence-electron chi connectivity index (χ1n) is 7.36. The number of nitrogens with one attached hydrogen (secondary N) is 2. The molecular formula is C17H17ClF2N2O3. The molecule has 2 N–H and O–H groups in total. The summed E-state index contributed by atoms with van der Waals surface area (Å²) in [4.78, 5) is 11.9. The molecule has 2 rings (SSSR count). The van der Waals surface area contributed by atoms with E-state index in [9.17, 15) is 13.6 Å². The average molecular weight is 371 g/mol. The smallest absolute Gasteiger partial charge is 0.387 e. The Morgan fingerprint density at radius 1 is 1.24 bits per heavy atom. The number of carbonyl (C=O) groups is 1. The third-order valence-corrected chi connectivity index (χ3v) is 3.52. The lowest BCUT2D eigenvalue weighted by Crippen LogP contribution is -2.29. The fourth-order valence-corrected chi connectivity index (χ4v) is 2.26. The van der Waals surface area contributed by atoms with Crippen LogP contribution >= 0.6 is 11.6 Å². The number of rotatable bonds is 8. The minimum Gasteiger partial charge on any atom is -0.497 e. The highest BCUT2D eigenvalue weighted by Crippen LogP contribution is 2.28. The van der Waals surface area contributed by atoms with Gasteiger partial charge in [-0.15, -0.1) is 0 Å². The Morgan fingerprint density at radius 2 is 2.04 bits per heavy atom. The van der Waals surface area contributed by atoms with E-state index >= 15 is 0 Å². The summed E-state index contributed by atoms with van der Waals surface area (Å²) >= 11 is 5.85. The summed E-state index contributed by atoms with van der Waals surface area (Å²) < 4.78 is 33.7. The van der Waals surface area contributed by atoms with Crippen LogP contribution in [0.3, 0.4) is 0 Å². The van der Waals surface area contributed by atoms with E-state index < -0.39 is 6.61 Å². The van der Waals surface area contributed by atoms with E-state index in [-0.39, 0.29) is 23.2 Å². The van der Waals surface area contributed by atoms with Crippen LogP contribution in [-0.4, -0.2) is 26.2 Å². The lowest BCUT2D eigenvalue weighted by atomic mass is 10.2. The number of anilines is 1. The summed E-state index contributed by atoms with van der Waals surface area (Å²) in [6.07, 6.45) is 0. The molecule has 0 bridgehead atoms. The number of methoxy groups -OCH3 is 1. The lowest BCUT2D eigenvalue weighted by Gasteiger charge is -2.11. The predicted octanol–water partition coefficient (Wildman–Crippen LogP) is 3.68. The number of benzene rings is 2. The van der Waals surface area contributed by atoms with Crippen molar-refractivity contribution >= 4 is 23.2 Å². The Morgan fingerprint density at radius 3 is 2.72 bits per heavy atom. The Bertz CT molecular complexity index is 729. The minimum absolute atomic E-state index is 0.00927. The zero-order valence-electron chi connectivity index (χ0n) is 13.4. The van der Waals surface area contributed by atoms with Gasteiger partial charge >= 0.3 is 6.61 Å². The maximum Gasteiger partial charge on any atom is 0.387 e. The summed E-state index contributed by atoms with van der Waals surface area (Å²) in [5, 5.41) is 5.65. The second kappa shape index (κ2) is 9.08. The molecule has 1 amide bonds. The molecule has 0 fully saturated rings. The lowest BCUT2D eigenvalue weighted by molar-refractivity contribution is -0.119. The molecule has 0 radical (unpaired) electrons. The summed E-state index contributed by atoms with van der Waals surface area (Å²) in [6, 6.07) is 11.6. The summed E-state index contributed by atoms with van der Waals surface area (Å²) in [6.45, 7) is -2.58. The number of ether oxygens (including phenoxy) is 2. The zero-order chi connectivity index (χ0) is 18.2. The quantitative estimate of drug-likeness (QED) is 0.744. The fraction of sp³-hybridized carbons (Fsp3) is 0.235. The number of carbonyl (C=O) groups excluding carboxylic acids is 1. The van der Waals surface area contributed by atoms with Crippen molar-refractivity contribution in [3.63, 3.8) is 0 Å². The van der Waals surface area contributed by atoms with Crippen molar-refractivity contribution < 1.29 is 23.0 Å². The Hall–Kier alpha value is -2.54. The summed E-state index contributed by atoms with van der Waals surface area (Å²) in [5.41, 5.74) is 1.42. The van der Waals surface area contributed by atoms with Crippen LogP contribution in [0.4, 0.5) is 14.5 Å². The SMILES string of the molecule is COc1cccc(CNC(=O)CNc2ccc(OC(F)F)c(Cl)c2)c1. The highest BCUT2D eigenvalue weighted by molar-refractivity contribution is 6.32. The van der Waals surface area contributed by atoms with Crippen molar-refractivity contribution in [2.75, 3.05) is 19.0 Å². The monoisotopic (exact) mass is 370 g/mol. The molecule has 0 aliphatic carbocycles. The maximum absolute atomic E-state index is 12.2. The molecule has 5 nitrogen and oxygen atoms in total. The van der Waals surface area contributed by atoms with Crippen molar-refractivity contribution in [2.24, 2.45) is 0 Å². The highest BCUT2D eigenvalue weighted by atomic mass is 35.5. The van der Waals surface area contributed by atoms with Crippen LogP contribution in [0.25, 0.3) is 0 Å². The van der Waals surface area contributed by atoms with Gasteiger partial charge < -0.3 is 20.1 Å². The number of hydrogen-bond acceptors (Lipinski definition) is 4. The molecule has 2 aromatic rings. The molecule has 0 aliphatic rings. The van der Waals surface area contributed by atoms with Crippen LogP contribution in [0.1, 0.15) is 5.56 Å². The van der Waals surface area contributed by atoms with Gasteiger partial charge in [-0.2, -0.15) is 8.78 Å². The Labute approximate surface area is 148 Å². The molecule has 25 heavy (non-hydrogen) atoms. The molecule has 0 saturated carbocycles. The molecule has 2 aromatic carbocycles. The first kappa shape index (κ1) is 18.8. The van der Waals surface area contributed by atoms with E-state index in [2.05, 4.69) is 15.4 Å². The van der Waals surface area contributed by atoms with Gasteiger partial charge in [0.1, 0.15) is 11.5 Å². The van der Waals surface area contributed by atoms with Crippen molar-refractivity contribution in [1.29, 1.82) is 0 Å². The maximum atomic E-state index is 12.2. The topological polar surface area (TPSA) is 59.6 Å². The molecule has 8 heteroatoms. The standard InChI is InChI=1S/C17H17ClF2N2O3/c1-24-13-4-2-3-11(7-13)9-22-16(23)10-21-12-5-6-15(14(18)8-12)25-17(19)20/h2-8,17,21H,9-10H2,1H3,(H,22,23). The normalized spacial score (nSPS) is 10.4. The van der Waals surface area contributed by atoms with Gasteiger partial charge in [0.15, 0.2) is 0 Å². The molecule has 0 unspecified atom stereocenters. The van der Waals surface area contributed by atoms with Crippen LogP contribution in [0.5, 0.6) is 11.5 Å². The van der Waals surface area contributed by atoms with Gasteiger partial charge in [-0.3, -0.25) is 4.79 Å². The van der Waals surface area contributed by atoms with E-state index in [0.29, 0.717) is 18.0 Å². The summed E-state index contributed by atoms with van der Waals surface area (Å²) in [7, 11) is 1.57. The van der Waals surface area contributed by atoms with Crippen LogP contribution in [0.15, 0.2) is 42.5 Å². The molecule has 0 atom stereocenters. The second-order valence-electron chi connectivity index (χ2n) is 5.01. The molecule has 134 valence electrons. The number of halogens is 3. The molecule has 0 aromatic heterocycles. The number of amides is 1. The third-order valence-electron chi connectivity index (χ3n) is 3.22. The zero-order valence-corrected chi connectivity index (χ0v) is 14.1. The van der Waals surface area contributed by atoms with Gasteiger partial charge in [0.25, 0.3) is 0 Å². The molecule has 0 saturated heterocycles. The molecular weight excluding hydrogens is 354 g/mol. The van der Waals surface area contributed by atoms with Crippen molar-refractivity contribution in [3.05, 3.63) is 53.1 Å². The second-order valence-corrected chi connectivity index (χ2v) is 5.41. The van der Waals surface area contributed by atoms with Crippen molar-refractivity contribution in [3.8, 4) is 11.5 Å². The van der Waals surface area contributed by atoms with E-state index in [4.69, 9.17) is 16.3 Å². The molecule has 0 spiro atoms. The number of alkyl halides is 2. The third kappa shape index (κ3) is 6.11. The Kier molecular flexibility index (Phi) is 6.82. The van der Waals surface area contributed by atoms with E-state index in [0.717, 1.165) is 5.56 Å². The minimum atomic E-state index is -2.95. The van der Waals surface area contributed by atoms with Crippen molar-refractivity contribution in [2.45, 2.75) is 13.2 Å². The first-order chi connectivity index (χ1) is 12.0. The van der Waals surface area contributed by atoms with Gasteiger partial charge in [-0.05, 0) is 35.9 Å². The Balaban J connectivity index is 1.82. The van der Waals surface area contributed by atoms with Gasteiger partial charge in [0, 0.05) is 12.2 Å². The van der Waals surface area contributed by atoms with Crippen LogP contribution in [-0.2, 0) is 11.3 Å². The van der Waals surface area contributed by atoms with E-state index in [1.54, 1.807) is 7.11 Å². The van der Waals surface area contributed by atoms with Gasteiger partial charge in [-0.25, -0.2) is 0 Å². The van der Waals surface area contributed by atoms with Crippen LogP contribution in [0, 0.1) is 0 Å². The average Bonchev–Trinajstić information content (AvgIpc) is 2.60. The van der Waals surface area contributed by atoms with Gasteiger partial charge in [0.2, 0.25) is 5.91 Å². The highest BCUT2D eigenvalue weighted by Gasteiger charge is 2.09. The largest absolute Gasteiger partial charge is 0.497 e. The van der Waals surface area contributed by atoms with E-state index in [1.807, 2.05) is 24.3 Å². The van der Waals surface area contributed by atoms with Crippen molar-refractivity contribution in [1.82, 2.24) is 5.32 Å². The first-order valence-corrected chi connectivity index (χ1v) is 7.73. The molecule has 0 aliphatic heterocycles. The van der Waals surface area contributed by atoms with Gasteiger partial charge in [0.05, 0.1) is 18.7 Å². The van der Waals surface area contributed by atoms with E-state index in [1.165, 1.54) is 18.2 Å². The predicted molar refractivity (Wildman–Crippen MR) is 91.4 cm³/mol. The van der Waals surface area contributed by atoms with Crippen LogP contribution in [0.2, 0.25) is 5.02 Å². The summed E-state index contributed by atoms with van der Waals surface area (Å²) in [5.74, 6) is 0.363. The van der Waals surface area contributed by atoms with Gasteiger partial charge in [-0.1, -0.05) is 23.7 Å². The van der Waals surface area contributed by atoms with Crippen LogP contribution < -0.4 is 20.1 Å². The molecule has 0 heterocycles. The number of hydrogen-bond donors (Lipinski definition) is 2. The fourth-order valence-electron chi connectivity index (χ4n) is 2.03.